The lowest BCUT2D eigenvalue weighted by Gasteiger charge is -1.85. The molecule has 0 atom stereocenters. The minimum absolute atomic E-state index is 0. The van der Waals surface area contributed by atoms with Gasteiger partial charge in [-0.25, -0.2) is 0 Å². The van der Waals surface area contributed by atoms with Gasteiger partial charge in [0, 0.05) is 0 Å². The second kappa shape index (κ2) is 3.06. The van der Waals surface area contributed by atoms with Gasteiger partial charge in [0.25, 0.3) is 0 Å². The van der Waals surface area contributed by atoms with Crippen LogP contribution in [0.15, 0.2) is 0 Å². The van der Waals surface area contributed by atoms with Crippen LogP contribution in [0.4, 0.5) is 0 Å². The summed E-state index contributed by atoms with van der Waals surface area (Å²) in [6.45, 7) is 0. The Morgan fingerprint density at radius 3 is 0.714 bits per heavy atom. The molecule has 0 nitrogen and oxygen atoms in total. The molecule has 42 valence electrons. The van der Waals surface area contributed by atoms with E-state index in [1.807, 2.05) is 0 Å². The molecule has 0 aromatic carbocycles. The van der Waals surface area contributed by atoms with E-state index < -0.39 is 0 Å². The van der Waals surface area contributed by atoms with Gasteiger partial charge in [0.05, 0.1) is 0 Å². The van der Waals surface area contributed by atoms with Gasteiger partial charge in [0.1, 0.15) is 0 Å². The van der Waals surface area contributed by atoms with Crippen LogP contribution in [0, 0.1) is 0 Å². The van der Waals surface area contributed by atoms with Crippen molar-refractivity contribution in [2.24, 2.45) is 0 Å². The predicted molar refractivity (Wildman–Crippen MR) is 33.4 cm³/mol. The summed E-state index contributed by atoms with van der Waals surface area (Å²) in [5.74, 6) is 0. The molecule has 0 amide bonds. The average molecular weight is 99.2 g/mol. The molecule has 1 saturated carbocycles. The van der Waals surface area contributed by atoms with Crippen molar-refractivity contribution in [2.45, 2.75) is 44.9 Å². The highest BCUT2D eigenvalue weighted by Crippen LogP contribution is 2.15. The first kappa shape index (κ1) is 5.14. The van der Waals surface area contributed by atoms with Crippen LogP contribution in [0.3, 0.4) is 0 Å². The molecule has 7 heavy (non-hydrogen) atoms. The molecule has 1 rings (SSSR count). The molecule has 0 radical (unpaired) electrons. The maximum absolute atomic E-state index is 1.50. The average Bonchev–Trinajstić information content (AvgIpc) is 1.90. The normalized spacial score (nSPS) is 24.0. The maximum Gasteiger partial charge on any atom is 1.00 e. The van der Waals surface area contributed by atoms with Crippen molar-refractivity contribution in [3.8, 4) is 0 Å². The fraction of sp³-hybridized carbons (Fsp3) is 1.00. The van der Waals surface area contributed by atoms with Crippen LogP contribution in [0.5, 0.6) is 0 Å². The summed E-state index contributed by atoms with van der Waals surface area (Å²) in [5, 5.41) is 0. The third-order valence-electron chi connectivity index (χ3n) is 1.75. The standard InChI is InChI=1S/C7H14/c1-2-4-6-7-5-3-1/h1-7H2/p+1. The van der Waals surface area contributed by atoms with E-state index in [-0.39, 0.29) is 1.43 Å². The van der Waals surface area contributed by atoms with Crippen molar-refractivity contribution in [3.63, 3.8) is 0 Å². The summed E-state index contributed by atoms with van der Waals surface area (Å²) in [7, 11) is 0. The van der Waals surface area contributed by atoms with Crippen molar-refractivity contribution in [2.75, 3.05) is 0 Å². The van der Waals surface area contributed by atoms with E-state index in [0.29, 0.717) is 0 Å². The van der Waals surface area contributed by atoms with Crippen LogP contribution in [-0.4, -0.2) is 0 Å². The molecule has 0 aromatic rings. The third kappa shape index (κ3) is 1.96. The zero-order valence-corrected chi connectivity index (χ0v) is 4.95. The lowest BCUT2D eigenvalue weighted by molar-refractivity contribution is 0.702. The molecule has 0 heteroatoms. The molecule has 0 aromatic heterocycles. The smallest absolute Gasteiger partial charge is 0.0533 e. The Bertz CT molecular complexity index is 24.0. The van der Waals surface area contributed by atoms with Gasteiger partial charge in [-0.05, 0) is 0 Å². The van der Waals surface area contributed by atoms with Crippen molar-refractivity contribution >= 4 is 0 Å². The van der Waals surface area contributed by atoms with E-state index >= 15 is 0 Å². The minimum atomic E-state index is 0. The van der Waals surface area contributed by atoms with Gasteiger partial charge in [0.2, 0.25) is 0 Å². The van der Waals surface area contributed by atoms with E-state index in [4.69, 9.17) is 0 Å². The quantitative estimate of drug-likeness (QED) is 0.410. The van der Waals surface area contributed by atoms with E-state index in [2.05, 4.69) is 0 Å². The fourth-order valence-electron chi connectivity index (χ4n) is 1.24. The van der Waals surface area contributed by atoms with Crippen LogP contribution in [0.2, 0.25) is 0 Å². The van der Waals surface area contributed by atoms with Crippen molar-refractivity contribution in [1.82, 2.24) is 0 Å². The van der Waals surface area contributed by atoms with E-state index in [9.17, 15) is 0 Å². The zero-order valence-electron chi connectivity index (χ0n) is 5.95. The molecule has 0 heterocycles. The molecular weight excluding hydrogens is 84.1 g/mol. The summed E-state index contributed by atoms with van der Waals surface area (Å²) >= 11 is 0. The molecule has 0 spiro atoms. The fourth-order valence-corrected chi connectivity index (χ4v) is 1.24. The highest BCUT2D eigenvalue weighted by atomic mass is 14.0. The lowest BCUT2D eigenvalue weighted by Crippen LogP contribution is -1.66. The molecule has 1 aliphatic carbocycles. The molecular formula is C7H15+. The van der Waals surface area contributed by atoms with Gasteiger partial charge >= 0.3 is 1.43 Å². The second-order valence-corrected chi connectivity index (χ2v) is 2.47. The van der Waals surface area contributed by atoms with Crippen LogP contribution in [0.1, 0.15) is 46.4 Å². The molecule has 0 saturated heterocycles. The third-order valence-corrected chi connectivity index (χ3v) is 1.75. The summed E-state index contributed by atoms with van der Waals surface area (Å²) in [5.41, 5.74) is 0. The number of hydrogen-bond donors (Lipinski definition) is 0. The van der Waals surface area contributed by atoms with E-state index in [1.54, 1.807) is 0 Å². The van der Waals surface area contributed by atoms with Crippen molar-refractivity contribution in [3.05, 3.63) is 0 Å². The van der Waals surface area contributed by atoms with E-state index in [0.717, 1.165) is 0 Å². The Morgan fingerprint density at radius 2 is 0.571 bits per heavy atom. The first-order valence-electron chi connectivity index (χ1n) is 3.50. The molecule has 1 fully saturated rings. The highest BCUT2D eigenvalue weighted by Gasteiger charge is 1.95. The Labute approximate surface area is 47.4 Å². The first-order chi connectivity index (χ1) is 3.50. The molecule has 0 bridgehead atoms. The molecule has 0 N–H and O–H groups in total. The largest absolute Gasteiger partial charge is 1.00 e. The predicted octanol–water partition coefficient (Wildman–Crippen LogP) is 2.84. The Hall–Kier alpha value is 0. The second-order valence-electron chi connectivity index (χ2n) is 2.47. The summed E-state index contributed by atoms with van der Waals surface area (Å²) in [6.07, 6.45) is 10.5. The van der Waals surface area contributed by atoms with Crippen molar-refractivity contribution < 1.29 is 1.43 Å². The Balaban J connectivity index is 0.000000490. The van der Waals surface area contributed by atoms with E-state index in [1.165, 1.54) is 44.9 Å². The van der Waals surface area contributed by atoms with Crippen molar-refractivity contribution in [1.29, 1.82) is 0 Å². The van der Waals surface area contributed by atoms with Crippen LogP contribution >= 0.6 is 0 Å². The van der Waals surface area contributed by atoms with Crippen LogP contribution < -0.4 is 0 Å². The minimum Gasteiger partial charge on any atom is -0.0533 e. The molecule has 1 aliphatic rings. The summed E-state index contributed by atoms with van der Waals surface area (Å²) in [6, 6.07) is 0. The van der Waals surface area contributed by atoms with Crippen LogP contribution in [-0.2, 0) is 0 Å². The van der Waals surface area contributed by atoms with Gasteiger partial charge in [-0.1, -0.05) is 44.9 Å². The number of hydrogen-bond acceptors (Lipinski definition) is 0. The molecule has 0 unspecified atom stereocenters. The maximum atomic E-state index is 1.50. The number of rotatable bonds is 0. The topological polar surface area (TPSA) is 0 Å². The lowest BCUT2D eigenvalue weighted by atomic mass is 10.2. The Morgan fingerprint density at radius 1 is 0.429 bits per heavy atom. The monoisotopic (exact) mass is 99.1 g/mol. The zero-order chi connectivity index (χ0) is 4.95. The highest BCUT2D eigenvalue weighted by molar-refractivity contribution is 4.51. The summed E-state index contributed by atoms with van der Waals surface area (Å²) in [4.78, 5) is 0. The summed E-state index contributed by atoms with van der Waals surface area (Å²) < 4.78 is 0. The van der Waals surface area contributed by atoms with Gasteiger partial charge in [-0.15, -0.1) is 0 Å². The van der Waals surface area contributed by atoms with Gasteiger partial charge in [-0.3, -0.25) is 0 Å². The SMILES string of the molecule is C1CCCCCC1.[H+]. The molecule has 0 aliphatic heterocycles. The van der Waals surface area contributed by atoms with Gasteiger partial charge < -0.3 is 0 Å². The first-order valence-corrected chi connectivity index (χ1v) is 3.50. The van der Waals surface area contributed by atoms with Gasteiger partial charge in [-0.2, -0.15) is 0 Å². The van der Waals surface area contributed by atoms with Crippen LogP contribution in [0.25, 0.3) is 0 Å². The Kier molecular flexibility index (Phi) is 2.25. The van der Waals surface area contributed by atoms with Gasteiger partial charge in [0.15, 0.2) is 0 Å².